The van der Waals surface area contributed by atoms with Crippen LogP contribution < -0.4 is 10.5 Å². The number of benzene rings is 1. The topological polar surface area (TPSA) is 55.5 Å². The van der Waals surface area contributed by atoms with Crippen LogP contribution in [0.5, 0.6) is 11.5 Å². The molecule has 0 fully saturated rings. The van der Waals surface area contributed by atoms with Crippen LogP contribution in [0.25, 0.3) is 0 Å². The van der Waals surface area contributed by atoms with Crippen molar-refractivity contribution in [3.63, 3.8) is 0 Å². The van der Waals surface area contributed by atoms with Gasteiger partial charge >= 0.3 is 0 Å². The molecule has 1 aromatic carbocycles. The zero-order valence-electron chi connectivity index (χ0n) is 8.99. The molecule has 0 aliphatic heterocycles. The zero-order valence-corrected chi connectivity index (χ0v) is 11.4. The summed E-state index contributed by atoms with van der Waals surface area (Å²) in [5, 5.41) is 9.73. The lowest BCUT2D eigenvalue weighted by Crippen LogP contribution is -2.14. The Kier molecular flexibility index (Phi) is 6.74. The maximum atomic E-state index is 12.2. The van der Waals surface area contributed by atoms with Gasteiger partial charge in [-0.05, 0) is 12.1 Å². The summed E-state index contributed by atoms with van der Waals surface area (Å²) in [5.41, 5.74) is 5.82. The van der Waals surface area contributed by atoms with Gasteiger partial charge in [-0.25, -0.2) is 8.78 Å². The molecule has 0 amide bonds. The first kappa shape index (κ1) is 16.4. The summed E-state index contributed by atoms with van der Waals surface area (Å²) in [6, 6.07) is 2.12. The Balaban J connectivity index is 0.00000256. The highest BCUT2D eigenvalue weighted by Gasteiger charge is 2.19. The first-order valence-corrected chi connectivity index (χ1v) is 5.35. The van der Waals surface area contributed by atoms with Crippen molar-refractivity contribution in [2.45, 2.75) is 18.9 Å². The first-order chi connectivity index (χ1) is 7.45. The van der Waals surface area contributed by atoms with E-state index in [-0.39, 0.29) is 29.5 Å². The number of aromatic hydroxyl groups is 1. The predicted octanol–water partition coefficient (Wildman–Crippen LogP) is 3.24. The number of ether oxygens (including phenoxy) is 1. The summed E-state index contributed by atoms with van der Waals surface area (Å²) in [7, 11) is 1.38. The van der Waals surface area contributed by atoms with Crippen LogP contribution in [0.1, 0.15) is 18.0 Å². The quantitative estimate of drug-likeness (QED) is 0.890. The van der Waals surface area contributed by atoms with Crippen molar-refractivity contribution in [2.75, 3.05) is 7.11 Å². The Morgan fingerprint density at radius 3 is 2.53 bits per heavy atom. The number of rotatable bonds is 4. The average molecular weight is 333 g/mol. The molecular formula is C10H13BrClF2NO2. The van der Waals surface area contributed by atoms with Gasteiger partial charge in [0.15, 0.2) is 11.5 Å². The second-order valence-electron chi connectivity index (χ2n) is 3.28. The minimum absolute atomic E-state index is 0. The number of hydrogen-bond donors (Lipinski definition) is 2. The molecule has 0 saturated carbocycles. The lowest BCUT2D eigenvalue weighted by Gasteiger charge is -2.15. The molecule has 1 atom stereocenters. The van der Waals surface area contributed by atoms with E-state index in [0.29, 0.717) is 4.47 Å². The molecule has 7 heteroatoms. The summed E-state index contributed by atoms with van der Waals surface area (Å²) < 4.78 is 29.9. The molecule has 98 valence electrons. The van der Waals surface area contributed by atoms with E-state index < -0.39 is 18.9 Å². The average Bonchev–Trinajstić information content (AvgIpc) is 2.19. The second-order valence-corrected chi connectivity index (χ2v) is 4.19. The highest BCUT2D eigenvalue weighted by atomic mass is 79.9. The van der Waals surface area contributed by atoms with E-state index in [9.17, 15) is 13.9 Å². The summed E-state index contributed by atoms with van der Waals surface area (Å²) in [5.74, 6) is 0.00735. The third-order valence-corrected chi connectivity index (χ3v) is 2.58. The summed E-state index contributed by atoms with van der Waals surface area (Å²) in [6.45, 7) is 0. The number of phenolic OH excluding ortho intramolecular Hbond substituents is 1. The van der Waals surface area contributed by atoms with Gasteiger partial charge in [0.1, 0.15) is 0 Å². The van der Waals surface area contributed by atoms with Gasteiger partial charge in [0.05, 0.1) is 7.11 Å². The largest absolute Gasteiger partial charge is 0.504 e. The fraction of sp³-hybridized carbons (Fsp3) is 0.400. The van der Waals surface area contributed by atoms with Crippen molar-refractivity contribution in [1.82, 2.24) is 0 Å². The number of methoxy groups -OCH3 is 1. The summed E-state index contributed by atoms with van der Waals surface area (Å²) in [6.07, 6.45) is -3.02. The van der Waals surface area contributed by atoms with E-state index >= 15 is 0 Å². The molecule has 0 saturated heterocycles. The predicted molar refractivity (Wildman–Crippen MR) is 67.2 cm³/mol. The van der Waals surface area contributed by atoms with Crippen molar-refractivity contribution >= 4 is 28.3 Å². The molecule has 3 N–H and O–H groups in total. The van der Waals surface area contributed by atoms with Gasteiger partial charge in [-0.1, -0.05) is 15.9 Å². The normalized spacial score (nSPS) is 12.1. The molecule has 1 aromatic rings. The smallest absolute Gasteiger partial charge is 0.240 e. The van der Waals surface area contributed by atoms with Gasteiger partial charge in [0.2, 0.25) is 6.43 Å². The van der Waals surface area contributed by atoms with Crippen molar-refractivity contribution in [3.05, 3.63) is 22.2 Å². The molecular weight excluding hydrogens is 319 g/mol. The summed E-state index contributed by atoms with van der Waals surface area (Å²) in [4.78, 5) is 0. The molecule has 0 aromatic heterocycles. The highest BCUT2D eigenvalue weighted by Crippen LogP contribution is 2.37. The van der Waals surface area contributed by atoms with Crippen LogP contribution in [0.4, 0.5) is 8.78 Å². The van der Waals surface area contributed by atoms with Crippen LogP contribution in [0.2, 0.25) is 0 Å². The SMILES string of the molecule is COc1cc(Br)cc([C@@H](N)CC(F)F)c1O.Cl. The molecule has 3 nitrogen and oxygen atoms in total. The van der Waals surface area contributed by atoms with Gasteiger partial charge in [-0.15, -0.1) is 12.4 Å². The van der Waals surface area contributed by atoms with Crippen LogP contribution in [-0.4, -0.2) is 18.6 Å². The molecule has 0 radical (unpaired) electrons. The van der Waals surface area contributed by atoms with E-state index in [1.165, 1.54) is 19.2 Å². The van der Waals surface area contributed by atoms with Gasteiger partial charge < -0.3 is 15.6 Å². The Hall–Kier alpha value is -0.590. The fourth-order valence-corrected chi connectivity index (χ4v) is 1.81. The Labute approximate surface area is 112 Å². The van der Waals surface area contributed by atoms with Crippen LogP contribution in [0.3, 0.4) is 0 Å². The molecule has 0 unspecified atom stereocenters. The maximum absolute atomic E-state index is 12.2. The van der Waals surface area contributed by atoms with E-state index in [0.717, 1.165) is 0 Å². The molecule has 1 rings (SSSR count). The van der Waals surface area contributed by atoms with Crippen molar-refractivity contribution in [2.24, 2.45) is 5.73 Å². The Morgan fingerprint density at radius 1 is 1.47 bits per heavy atom. The molecule has 0 heterocycles. The lowest BCUT2D eigenvalue weighted by atomic mass is 10.0. The van der Waals surface area contributed by atoms with Gasteiger partial charge in [0.25, 0.3) is 0 Å². The monoisotopic (exact) mass is 331 g/mol. The number of phenols is 1. The molecule has 0 aliphatic carbocycles. The van der Waals surface area contributed by atoms with Crippen LogP contribution in [0, 0.1) is 0 Å². The van der Waals surface area contributed by atoms with Crippen LogP contribution in [0.15, 0.2) is 16.6 Å². The standard InChI is InChI=1S/C10H12BrF2NO2.ClH/c1-16-8-3-5(11)2-6(10(8)15)7(14)4-9(12)13;/h2-3,7,9,15H,4,14H2,1H3;1H/t7-;/m0./s1. The third kappa shape index (κ3) is 4.29. The maximum Gasteiger partial charge on any atom is 0.240 e. The Bertz CT molecular complexity index is 380. The van der Waals surface area contributed by atoms with E-state index in [4.69, 9.17) is 10.5 Å². The Morgan fingerprint density at radius 2 is 2.06 bits per heavy atom. The van der Waals surface area contributed by atoms with E-state index in [1.54, 1.807) is 0 Å². The van der Waals surface area contributed by atoms with E-state index in [2.05, 4.69) is 15.9 Å². The van der Waals surface area contributed by atoms with Crippen molar-refractivity contribution < 1.29 is 18.6 Å². The number of nitrogens with two attached hydrogens (primary N) is 1. The van der Waals surface area contributed by atoms with Crippen LogP contribution >= 0.6 is 28.3 Å². The first-order valence-electron chi connectivity index (χ1n) is 4.55. The molecule has 17 heavy (non-hydrogen) atoms. The zero-order chi connectivity index (χ0) is 12.3. The van der Waals surface area contributed by atoms with Crippen molar-refractivity contribution in [1.29, 1.82) is 0 Å². The minimum atomic E-state index is -2.51. The second kappa shape index (κ2) is 6.98. The van der Waals surface area contributed by atoms with Gasteiger partial charge in [-0.3, -0.25) is 0 Å². The van der Waals surface area contributed by atoms with Crippen LogP contribution in [-0.2, 0) is 0 Å². The van der Waals surface area contributed by atoms with E-state index in [1.807, 2.05) is 0 Å². The third-order valence-electron chi connectivity index (χ3n) is 2.12. The van der Waals surface area contributed by atoms with Gasteiger partial charge in [-0.2, -0.15) is 0 Å². The molecule has 0 bridgehead atoms. The minimum Gasteiger partial charge on any atom is -0.504 e. The fourth-order valence-electron chi connectivity index (χ4n) is 1.35. The highest BCUT2D eigenvalue weighted by molar-refractivity contribution is 9.10. The molecule has 0 aliphatic rings. The number of alkyl halides is 2. The number of hydrogen-bond acceptors (Lipinski definition) is 3. The van der Waals surface area contributed by atoms with Crippen molar-refractivity contribution in [3.8, 4) is 11.5 Å². The summed E-state index contributed by atoms with van der Waals surface area (Å²) >= 11 is 3.19. The molecule has 0 spiro atoms. The lowest BCUT2D eigenvalue weighted by molar-refractivity contribution is 0.128. The number of halogens is 4. The van der Waals surface area contributed by atoms with Gasteiger partial charge in [0, 0.05) is 22.5 Å².